The van der Waals surface area contributed by atoms with Gasteiger partial charge in [-0.2, -0.15) is 0 Å². The molecule has 0 saturated carbocycles. The molecule has 0 amide bonds. The molecule has 0 bridgehead atoms. The van der Waals surface area contributed by atoms with Gasteiger partial charge in [0, 0.05) is 18.2 Å². The fourth-order valence-electron chi connectivity index (χ4n) is 2.28. The third-order valence-electron chi connectivity index (χ3n) is 3.14. The largest absolute Gasteiger partial charge is 0.380 e. The third-order valence-corrected chi connectivity index (χ3v) is 3.37. The molecule has 0 radical (unpaired) electrons. The van der Waals surface area contributed by atoms with E-state index in [1.807, 2.05) is 18.2 Å². The number of hydrogen-bond donors (Lipinski definition) is 1. The van der Waals surface area contributed by atoms with E-state index in [0.29, 0.717) is 6.04 Å². The lowest BCUT2D eigenvalue weighted by Gasteiger charge is -2.26. The molecule has 1 rings (SSSR count). The lowest BCUT2D eigenvalue weighted by Crippen LogP contribution is -2.42. The summed E-state index contributed by atoms with van der Waals surface area (Å²) < 4.78 is 5.61. The van der Waals surface area contributed by atoms with Crippen LogP contribution in [0.25, 0.3) is 0 Å². The second-order valence-corrected chi connectivity index (χ2v) is 5.00. The monoisotopic (exact) mass is 269 g/mol. The topological polar surface area (TPSA) is 21.3 Å². The van der Waals surface area contributed by atoms with Crippen molar-refractivity contribution < 1.29 is 4.74 Å². The zero-order chi connectivity index (χ0) is 13.4. The second kappa shape index (κ2) is 8.52. The molecule has 0 aromatic heterocycles. The van der Waals surface area contributed by atoms with Gasteiger partial charge in [-0.3, -0.25) is 0 Å². The predicted octanol–water partition coefficient (Wildman–Crippen LogP) is 3.68. The minimum absolute atomic E-state index is 0.258. The van der Waals surface area contributed by atoms with E-state index in [0.717, 1.165) is 30.8 Å². The highest BCUT2D eigenvalue weighted by Crippen LogP contribution is 2.16. The van der Waals surface area contributed by atoms with Crippen LogP contribution in [0.2, 0.25) is 5.02 Å². The molecule has 2 unspecified atom stereocenters. The average molecular weight is 270 g/mol. The Labute approximate surface area is 116 Å². The molecule has 1 aromatic rings. The summed E-state index contributed by atoms with van der Waals surface area (Å²) in [5.74, 6) is 0. The normalized spacial score (nSPS) is 14.4. The number of halogens is 1. The molecular weight excluding hydrogens is 246 g/mol. The maximum Gasteiger partial charge on any atom is 0.0727 e. The van der Waals surface area contributed by atoms with Gasteiger partial charge in [-0.05, 0) is 37.1 Å². The van der Waals surface area contributed by atoms with Crippen molar-refractivity contribution >= 4 is 11.6 Å². The molecule has 1 N–H and O–H groups in total. The van der Waals surface area contributed by atoms with Gasteiger partial charge in [0.2, 0.25) is 0 Å². The van der Waals surface area contributed by atoms with Crippen LogP contribution in [0.3, 0.4) is 0 Å². The highest BCUT2D eigenvalue weighted by molar-refractivity contribution is 6.30. The minimum atomic E-state index is 0.258. The number of benzene rings is 1. The summed E-state index contributed by atoms with van der Waals surface area (Å²) in [6.45, 7) is 5.27. The Morgan fingerprint density at radius 3 is 2.67 bits per heavy atom. The molecule has 0 aliphatic rings. The van der Waals surface area contributed by atoms with Crippen LogP contribution >= 0.6 is 11.6 Å². The minimum Gasteiger partial charge on any atom is -0.380 e. The number of nitrogens with one attached hydrogen (secondary N) is 1. The Balaban J connectivity index is 2.72. The van der Waals surface area contributed by atoms with Crippen molar-refractivity contribution in [2.24, 2.45) is 0 Å². The average Bonchev–Trinajstić information content (AvgIpc) is 2.35. The van der Waals surface area contributed by atoms with E-state index in [1.54, 1.807) is 7.11 Å². The van der Waals surface area contributed by atoms with Crippen LogP contribution in [0.15, 0.2) is 24.3 Å². The highest BCUT2D eigenvalue weighted by atomic mass is 35.5. The molecule has 0 heterocycles. The lowest BCUT2D eigenvalue weighted by molar-refractivity contribution is 0.0614. The Morgan fingerprint density at radius 2 is 2.11 bits per heavy atom. The van der Waals surface area contributed by atoms with Gasteiger partial charge >= 0.3 is 0 Å². The van der Waals surface area contributed by atoms with Gasteiger partial charge in [-0.15, -0.1) is 0 Å². The van der Waals surface area contributed by atoms with Gasteiger partial charge in [-0.25, -0.2) is 0 Å². The van der Waals surface area contributed by atoms with Crippen molar-refractivity contribution in [1.82, 2.24) is 5.32 Å². The molecule has 3 heteroatoms. The van der Waals surface area contributed by atoms with Crippen LogP contribution in [0.5, 0.6) is 0 Å². The first-order valence-electron chi connectivity index (χ1n) is 6.71. The molecule has 0 saturated heterocycles. The second-order valence-electron chi connectivity index (χ2n) is 4.56. The first-order valence-corrected chi connectivity index (χ1v) is 7.09. The predicted molar refractivity (Wildman–Crippen MR) is 78.3 cm³/mol. The van der Waals surface area contributed by atoms with E-state index in [1.165, 1.54) is 5.56 Å². The van der Waals surface area contributed by atoms with Crippen molar-refractivity contribution in [1.29, 1.82) is 0 Å². The van der Waals surface area contributed by atoms with Crippen LogP contribution in [-0.4, -0.2) is 25.8 Å². The fraction of sp³-hybridized carbons (Fsp3) is 0.600. The summed E-state index contributed by atoms with van der Waals surface area (Å²) in [6, 6.07) is 8.41. The highest BCUT2D eigenvalue weighted by Gasteiger charge is 2.19. The van der Waals surface area contributed by atoms with Crippen molar-refractivity contribution in [3.63, 3.8) is 0 Å². The quantitative estimate of drug-likeness (QED) is 0.777. The Kier molecular flexibility index (Phi) is 7.33. The van der Waals surface area contributed by atoms with Gasteiger partial charge in [0.25, 0.3) is 0 Å². The maximum absolute atomic E-state index is 6.03. The van der Waals surface area contributed by atoms with Crippen LogP contribution < -0.4 is 5.32 Å². The van der Waals surface area contributed by atoms with Gasteiger partial charge in [0.15, 0.2) is 0 Å². The van der Waals surface area contributed by atoms with Crippen LogP contribution in [0.1, 0.15) is 32.3 Å². The molecular formula is C15H24ClNO. The van der Waals surface area contributed by atoms with E-state index in [-0.39, 0.29) is 6.10 Å². The maximum atomic E-state index is 6.03. The Bertz CT molecular complexity index is 343. The summed E-state index contributed by atoms with van der Waals surface area (Å²) in [5.41, 5.74) is 1.26. The molecule has 0 spiro atoms. The third kappa shape index (κ3) is 4.97. The number of ether oxygens (including phenoxy) is 1. The van der Waals surface area contributed by atoms with E-state index in [4.69, 9.17) is 16.3 Å². The smallest absolute Gasteiger partial charge is 0.0727 e. The molecule has 0 aliphatic heterocycles. The van der Waals surface area contributed by atoms with Crippen molar-refractivity contribution in [2.45, 2.75) is 45.3 Å². The number of hydrogen-bond acceptors (Lipinski definition) is 2. The van der Waals surface area contributed by atoms with Gasteiger partial charge in [-0.1, -0.05) is 44.0 Å². The number of rotatable bonds is 8. The Morgan fingerprint density at radius 1 is 1.33 bits per heavy atom. The molecule has 2 atom stereocenters. The molecule has 102 valence electrons. The number of methoxy groups -OCH3 is 1. The lowest BCUT2D eigenvalue weighted by atomic mass is 9.98. The van der Waals surface area contributed by atoms with Crippen molar-refractivity contribution in [2.75, 3.05) is 13.7 Å². The summed E-state index contributed by atoms with van der Waals surface area (Å²) in [7, 11) is 1.79. The molecule has 1 aromatic carbocycles. The first-order chi connectivity index (χ1) is 8.71. The summed E-state index contributed by atoms with van der Waals surface area (Å²) in [4.78, 5) is 0. The molecule has 18 heavy (non-hydrogen) atoms. The molecule has 0 aliphatic carbocycles. The molecule has 2 nitrogen and oxygen atoms in total. The van der Waals surface area contributed by atoms with Crippen molar-refractivity contribution in [3.8, 4) is 0 Å². The van der Waals surface area contributed by atoms with E-state index >= 15 is 0 Å². The van der Waals surface area contributed by atoms with E-state index in [2.05, 4.69) is 25.2 Å². The summed E-state index contributed by atoms with van der Waals surface area (Å²) in [5, 5.41) is 4.32. The van der Waals surface area contributed by atoms with Crippen LogP contribution in [0.4, 0.5) is 0 Å². The number of likely N-dealkylation sites (N-methyl/N-ethyl adjacent to an activating group) is 1. The zero-order valence-electron chi connectivity index (χ0n) is 11.6. The summed E-state index contributed by atoms with van der Waals surface area (Å²) in [6.07, 6.45) is 3.42. The fourth-order valence-corrected chi connectivity index (χ4v) is 2.50. The van der Waals surface area contributed by atoms with Crippen LogP contribution in [0, 0.1) is 0 Å². The Hall–Kier alpha value is -0.570. The zero-order valence-corrected chi connectivity index (χ0v) is 12.3. The van der Waals surface area contributed by atoms with Gasteiger partial charge in [0.05, 0.1) is 6.10 Å². The SMILES string of the molecule is CCCC(OC)C(Cc1cccc(Cl)c1)NCC. The van der Waals surface area contributed by atoms with Gasteiger partial charge < -0.3 is 10.1 Å². The van der Waals surface area contributed by atoms with E-state index < -0.39 is 0 Å². The van der Waals surface area contributed by atoms with E-state index in [9.17, 15) is 0 Å². The summed E-state index contributed by atoms with van der Waals surface area (Å²) >= 11 is 6.03. The van der Waals surface area contributed by atoms with Crippen LogP contribution in [-0.2, 0) is 11.2 Å². The van der Waals surface area contributed by atoms with Gasteiger partial charge in [0.1, 0.15) is 0 Å². The first kappa shape index (κ1) is 15.5. The molecule has 0 fully saturated rings. The standard InChI is InChI=1S/C15H24ClNO/c1-4-7-15(18-3)14(17-5-2)11-12-8-6-9-13(16)10-12/h6,8-10,14-15,17H,4-5,7,11H2,1-3H3. The van der Waals surface area contributed by atoms with Crippen molar-refractivity contribution in [3.05, 3.63) is 34.9 Å².